The molecule has 4 rings (SSSR count). The maximum atomic E-state index is 12.6. The maximum absolute atomic E-state index is 12.6. The van der Waals surface area contributed by atoms with Crippen LogP contribution in [0, 0.1) is 0 Å². The molecule has 0 saturated carbocycles. The number of aryl methyl sites for hydroxylation is 2. The molecule has 0 saturated heterocycles. The van der Waals surface area contributed by atoms with E-state index in [1.54, 1.807) is 54.6 Å². The van der Waals surface area contributed by atoms with Gasteiger partial charge in [-0.2, -0.15) is 8.42 Å². The molecular weight excluding hydrogens is 745 g/mol. The Morgan fingerprint density at radius 2 is 1.00 bits per heavy atom. The Bertz CT molecular complexity index is 1750. The molecule has 0 atom stereocenters. The molecule has 284 valence electrons. The summed E-state index contributed by atoms with van der Waals surface area (Å²) in [6, 6.07) is 22.0. The number of phenols is 1. The quantitative estimate of drug-likeness (QED) is 0.0499. The second-order valence-electron chi connectivity index (χ2n) is 12.6. The van der Waals surface area contributed by atoms with E-state index in [2.05, 4.69) is 13.8 Å². The second-order valence-corrected chi connectivity index (χ2v) is 15.4. The minimum Gasteiger partial charge on any atom is -0.870 e. The summed E-state index contributed by atoms with van der Waals surface area (Å²) in [6.07, 6.45) is 13.8. The van der Waals surface area contributed by atoms with Gasteiger partial charge in [0.15, 0.2) is 11.5 Å². The molecule has 2 N–H and O–H groups in total. The Morgan fingerprint density at radius 3 is 1.47 bits per heavy atom. The van der Waals surface area contributed by atoms with E-state index in [4.69, 9.17) is 9.47 Å². The molecule has 0 spiro atoms. The average Bonchev–Trinajstić information content (AvgIpc) is 3.11. The molecule has 13 heteroatoms. The fourth-order valence-corrected chi connectivity index (χ4v) is 6.60. The van der Waals surface area contributed by atoms with Crippen molar-refractivity contribution in [1.29, 1.82) is 0 Å². The summed E-state index contributed by atoms with van der Waals surface area (Å²) < 4.78 is 78.0. The zero-order chi connectivity index (χ0) is 38.0. The van der Waals surface area contributed by atoms with Crippen LogP contribution in [-0.4, -0.2) is 68.8 Å². The summed E-state index contributed by atoms with van der Waals surface area (Å²) in [5.41, 5.74) is 0.768. The van der Waals surface area contributed by atoms with Gasteiger partial charge in [-0.15, -0.1) is 0 Å². The number of hydrogen-bond acceptors (Lipinski definition) is 9. The standard InChI is InChI=1S/2C20H26O5S.Ca/c2*1-2-3-4-5-6-8-11-16-14-18(26(22,23)24)15-19(20(16)21)25-17-12-9-7-10-13-17;/h2*7,9-10,12-15,21H,2-6,8,11H2,1H3,(H,22,23,24);/q;;+2/p-2. The van der Waals surface area contributed by atoms with Gasteiger partial charge in [-0.3, -0.25) is 4.55 Å². The molecule has 0 bridgehead atoms. The molecule has 10 nitrogen and oxygen atoms in total. The van der Waals surface area contributed by atoms with E-state index in [0.717, 1.165) is 63.5 Å². The largest absolute Gasteiger partial charge is 2.00 e. The number of aromatic hydroxyl groups is 1. The molecule has 4 aromatic rings. The number of rotatable bonds is 20. The SMILES string of the molecule is CCCCCCCCc1cc(S(=O)(=O)O)cc(Oc2ccccc2)c1O.CCCCCCCCc1cc(S(=O)(=O)[O-])cc(Oc2ccccc2)c1[O-].[Ca+2]. The van der Waals surface area contributed by atoms with Crippen LogP contribution in [0.1, 0.15) is 102 Å². The first-order valence-electron chi connectivity index (χ1n) is 17.9. The van der Waals surface area contributed by atoms with Crippen LogP contribution in [0.2, 0.25) is 0 Å². The number of para-hydroxylation sites is 2. The molecule has 0 heterocycles. The van der Waals surface area contributed by atoms with E-state index in [-0.39, 0.29) is 65.6 Å². The van der Waals surface area contributed by atoms with Crippen molar-refractivity contribution in [3.63, 3.8) is 0 Å². The second kappa shape index (κ2) is 23.8. The third-order valence-electron chi connectivity index (χ3n) is 8.36. The molecule has 53 heavy (non-hydrogen) atoms. The van der Waals surface area contributed by atoms with Crippen molar-refractivity contribution in [1.82, 2.24) is 0 Å². The van der Waals surface area contributed by atoms with E-state index in [0.29, 0.717) is 35.5 Å². The van der Waals surface area contributed by atoms with Crippen LogP contribution < -0.4 is 14.6 Å². The summed E-state index contributed by atoms with van der Waals surface area (Å²) in [7, 11) is -9.06. The summed E-state index contributed by atoms with van der Waals surface area (Å²) >= 11 is 0. The predicted octanol–water partition coefficient (Wildman–Crippen LogP) is 9.31. The molecule has 0 radical (unpaired) electrons. The molecule has 0 aliphatic carbocycles. The first kappa shape index (κ1) is 46.3. The van der Waals surface area contributed by atoms with Crippen LogP contribution >= 0.6 is 0 Å². The predicted molar refractivity (Wildman–Crippen MR) is 205 cm³/mol. The van der Waals surface area contributed by atoms with Crippen molar-refractivity contribution in [2.45, 2.75) is 114 Å². The molecule has 0 amide bonds. The maximum Gasteiger partial charge on any atom is 2.00 e. The van der Waals surface area contributed by atoms with Gasteiger partial charge < -0.3 is 24.2 Å². The zero-order valence-electron chi connectivity index (χ0n) is 30.7. The molecule has 0 aromatic heterocycles. The van der Waals surface area contributed by atoms with Crippen molar-refractivity contribution in [3.05, 3.63) is 96.1 Å². The monoisotopic (exact) mass is 794 g/mol. The van der Waals surface area contributed by atoms with E-state index in [1.807, 2.05) is 6.07 Å². The summed E-state index contributed by atoms with van der Waals surface area (Å²) in [6.45, 7) is 4.31. The smallest absolute Gasteiger partial charge is 0.870 e. The van der Waals surface area contributed by atoms with Gasteiger partial charge in [-0.25, -0.2) is 8.42 Å². The first-order valence-corrected chi connectivity index (χ1v) is 20.8. The molecule has 0 unspecified atom stereocenters. The fourth-order valence-electron chi connectivity index (χ4n) is 5.52. The molecule has 0 fully saturated rings. The van der Waals surface area contributed by atoms with E-state index < -0.39 is 25.1 Å². The third kappa shape index (κ3) is 16.6. The van der Waals surface area contributed by atoms with Gasteiger partial charge >= 0.3 is 37.7 Å². The Balaban J connectivity index is 0.000000360. The van der Waals surface area contributed by atoms with Crippen LogP contribution in [0.3, 0.4) is 0 Å². The van der Waals surface area contributed by atoms with Gasteiger partial charge in [0.1, 0.15) is 27.4 Å². The van der Waals surface area contributed by atoms with Crippen molar-refractivity contribution in [3.8, 4) is 34.5 Å². The van der Waals surface area contributed by atoms with Crippen LogP contribution in [0.4, 0.5) is 0 Å². The minimum absolute atomic E-state index is 0. The van der Waals surface area contributed by atoms with E-state index >= 15 is 0 Å². The summed E-state index contributed by atoms with van der Waals surface area (Å²) in [5.74, 6) is 0.322. The van der Waals surface area contributed by atoms with Gasteiger partial charge in [0, 0.05) is 6.07 Å². The number of ether oxygens (including phenoxy) is 2. The Morgan fingerprint density at radius 1 is 0.585 bits per heavy atom. The number of phenolic OH excluding ortho intramolecular Hbond substituents is 1. The van der Waals surface area contributed by atoms with Gasteiger partial charge in [0.05, 0.1) is 9.79 Å². The van der Waals surface area contributed by atoms with Crippen LogP contribution in [0.5, 0.6) is 34.5 Å². The van der Waals surface area contributed by atoms with Gasteiger partial charge in [0.25, 0.3) is 10.1 Å². The van der Waals surface area contributed by atoms with Crippen LogP contribution in [0.15, 0.2) is 94.7 Å². The fraction of sp³-hybridized carbons (Fsp3) is 0.400. The van der Waals surface area contributed by atoms with Crippen molar-refractivity contribution >= 4 is 58.0 Å². The number of unbranched alkanes of at least 4 members (excludes halogenated alkanes) is 10. The molecule has 4 aromatic carbocycles. The van der Waals surface area contributed by atoms with Crippen LogP contribution in [0.25, 0.3) is 0 Å². The molecule has 0 aliphatic rings. The van der Waals surface area contributed by atoms with Gasteiger partial charge in [0.2, 0.25) is 0 Å². The number of benzene rings is 4. The summed E-state index contributed by atoms with van der Waals surface area (Å²) in [4.78, 5) is -0.703. The zero-order valence-corrected chi connectivity index (χ0v) is 34.5. The minimum atomic E-state index is -4.67. The van der Waals surface area contributed by atoms with E-state index in [9.17, 15) is 36.2 Å². The van der Waals surface area contributed by atoms with Crippen molar-refractivity contribution in [2.24, 2.45) is 0 Å². The number of hydrogen-bond donors (Lipinski definition) is 2. The summed E-state index contributed by atoms with van der Waals surface area (Å²) in [5, 5.41) is 23.1. The Kier molecular flexibility index (Phi) is 20.8. The molecule has 0 aliphatic heterocycles. The Hall–Kier alpha value is -2.84. The van der Waals surface area contributed by atoms with Gasteiger partial charge in [-0.05, 0) is 73.7 Å². The average molecular weight is 795 g/mol. The van der Waals surface area contributed by atoms with Crippen molar-refractivity contribution < 1.29 is 45.6 Å². The first-order chi connectivity index (χ1) is 24.8. The Labute approximate surface area is 345 Å². The molecular formula is C40H50CaO10S2. The van der Waals surface area contributed by atoms with Crippen LogP contribution in [-0.2, 0) is 33.1 Å². The topological polar surface area (TPSA) is 173 Å². The third-order valence-corrected chi connectivity index (χ3v) is 10.0. The normalized spacial score (nSPS) is 11.2. The van der Waals surface area contributed by atoms with Crippen molar-refractivity contribution in [2.75, 3.05) is 0 Å². The van der Waals surface area contributed by atoms with Gasteiger partial charge in [-0.1, -0.05) is 126 Å². The van der Waals surface area contributed by atoms with E-state index in [1.165, 1.54) is 37.8 Å².